The van der Waals surface area contributed by atoms with Crippen LogP contribution >= 0.6 is 0 Å². The van der Waals surface area contributed by atoms with E-state index in [1.165, 1.54) is 6.07 Å². The summed E-state index contributed by atoms with van der Waals surface area (Å²) >= 11 is 0. The summed E-state index contributed by atoms with van der Waals surface area (Å²) in [5.41, 5.74) is 0.940. The van der Waals surface area contributed by atoms with Crippen molar-refractivity contribution in [2.75, 3.05) is 13.2 Å². The van der Waals surface area contributed by atoms with Crippen LogP contribution in [0.15, 0.2) is 18.2 Å². The summed E-state index contributed by atoms with van der Waals surface area (Å²) in [6.07, 6.45) is 0. The van der Waals surface area contributed by atoms with Crippen molar-refractivity contribution in [3.05, 3.63) is 29.6 Å². The highest BCUT2D eigenvalue weighted by molar-refractivity contribution is 5.39. The van der Waals surface area contributed by atoms with Crippen molar-refractivity contribution in [1.29, 1.82) is 0 Å². The SMILES string of the molecule is CCNC1c2cccc(F)c2OCC1C. The predicted molar refractivity (Wildman–Crippen MR) is 57.5 cm³/mol. The number of benzene rings is 1. The van der Waals surface area contributed by atoms with Crippen molar-refractivity contribution < 1.29 is 9.13 Å². The van der Waals surface area contributed by atoms with Gasteiger partial charge in [0.05, 0.1) is 6.61 Å². The van der Waals surface area contributed by atoms with E-state index in [0.29, 0.717) is 18.3 Å². The van der Waals surface area contributed by atoms with Gasteiger partial charge in [-0.1, -0.05) is 26.0 Å². The van der Waals surface area contributed by atoms with Crippen LogP contribution in [0.4, 0.5) is 4.39 Å². The molecule has 0 amide bonds. The molecule has 3 heteroatoms. The third kappa shape index (κ3) is 1.84. The quantitative estimate of drug-likeness (QED) is 0.808. The van der Waals surface area contributed by atoms with E-state index >= 15 is 0 Å². The zero-order valence-corrected chi connectivity index (χ0v) is 9.09. The zero-order chi connectivity index (χ0) is 10.8. The Labute approximate surface area is 89.4 Å². The van der Waals surface area contributed by atoms with Crippen molar-refractivity contribution in [3.63, 3.8) is 0 Å². The smallest absolute Gasteiger partial charge is 0.165 e. The number of fused-ring (bicyclic) bond motifs is 1. The van der Waals surface area contributed by atoms with Crippen LogP contribution in [0.1, 0.15) is 25.5 Å². The van der Waals surface area contributed by atoms with Gasteiger partial charge < -0.3 is 10.1 Å². The van der Waals surface area contributed by atoms with Crippen LogP contribution in [-0.2, 0) is 0 Å². The van der Waals surface area contributed by atoms with E-state index < -0.39 is 0 Å². The molecule has 0 saturated carbocycles. The van der Waals surface area contributed by atoms with Crippen molar-refractivity contribution in [2.45, 2.75) is 19.9 Å². The summed E-state index contributed by atoms with van der Waals surface area (Å²) in [5.74, 6) is 0.531. The fourth-order valence-electron chi connectivity index (χ4n) is 2.07. The first-order chi connectivity index (χ1) is 7.24. The van der Waals surface area contributed by atoms with Crippen LogP contribution in [0.25, 0.3) is 0 Å². The molecule has 0 aliphatic carbocycles. The van der Waals surface area contributed by atoms with Gasteiger partial charge in [0.1, 0.15) is 0 Å². The number of nitrogens with one attached hydrogen (secondary N) is 1. The Bertz CT molecular complexity index is 353. The molecule has 0 bridgehead atoms. The lowest BCUT2D eigenvalue weighted by Crippen LogP contribution is -2.34. The van der Waals surface area contributed by atoms with Gasteiger partial charge >= 0.3 is 0 Å². The highest BCUT2D eigenvalue weighted by Gasteiger charge is 2.28. The molecule has 1 aromatic carbocycles. The van der Waals surface area contributed by atoms with Crippen LogP contribution < -0.4 is 10.1 Å². The second-order valence-corrected chi connectivity index (χ2v) is 3.98. The Morgan fingerprint density at radius 1 is 1.53 bits per heavy atom. The summed E-state index contributed by atoms with van der Waals surface area (Å²) in [7, 11) is 0. The van der Waals surface area contributed by atoms with Gasteiger partial charge in [-0.3, -0.25) is 0 Å². The number of halogens is 1. The molecule has 2 nitrogen and oxygen atoms in total. The van der Waals surface area contributed by atoms with Gasteiger partial charge in [0.15, 0.2) is 11.6 Å². The minimum absolute atomic E-state index is 0.203. The fourth-order valence-corrected chi connectivity index (χ4v) is 2.07. The Kier molecular flexibility index (Phi) is 2.91. The third-order valence-corrected chi connectivity index (χ3v) is 2.82. The maximum Gasteiger partial charge on any atom is 0.165 e. The normalized spacial score (nSPS) is 24.5. The molecule has 1 aromatic rings. The molecule has 1 aliphatic heterocycles. The second-order valence-electron chi connectivity index (χ2n) is 3.98. The molecular formula is C12H16FNO. The summed E-state index contributed by atoms with van der Waals surface area (Å²) in [4.78, 5) is 0. The van der Waals surface area contributed by atoms with E-state index in [1.807, 2.05) is 6.07 Å². The minimum atomic E-state index is -0.262. The Morgan fingerprint density at radius 3 is 3.07 bits per heavy atom. The Hall–Kier alpha value is -1.09. The first-order valence-corrected chi connectivity index (χ1v) is 5.38. The molecule has 2 atom stereocenters. The standard InChI is InChI=1S/C12H16FNO/c1-3-14-11-8(2)7-15-12-9(11)5-4-6-10(12)13/h4-6,8,11,14H,3,7H2,1-2H3. The van der Waals surface area contributed by atoms with Crippen LogP contribution in [0.5, 0.6) is 5.75 Å². The lowest BCUT2D eigenvalue weighted by molar-refractivity contribution is 0.182. The van der Waals surface area contributed by atoms with E-state index in [4.69, 9.17) is 4.74 Å². The van der Waals surface area contributed by atoms with Crippen molar-refractivity contribution in [3.8, 4) is 5.75 Å². The summed E-state index contributed by atoms with van der Waals surface area (Å²) in [6.45, 7) is 5.62. The maximum absolute atomic E-state index is 13.5. The molecule has 1 heterocycles. The first-order valence-electron chi connectivity index (χ1n) is 5.38. The molecule has 1 N–H and O–H groups in total. The fraction of sp³-hybridized carbons (Fsp3) is 0.500. The molecule has 82 valence electrons. The zero-order valence-electron chi connectivity index (χ0n) is 9.09. The molecule has 15 heavy (non-hydrogen) atoms. The van der Waals surface area contributed by atoms with E-state index in [0.717, 1.165) is 12.1 Å². The Morgan fingerprint density at radius 2 is 2.33 bits per heavy atom. The number of para-hydroxylation sites is 1. The first kappa shape index (κ1) is 10.4. The van der Waals surface area contributed by atoms with Crippen LogP contribution in [0.2, 0.25) is 0 Å². The van der Waals surface area contributed by atoms with Crippen molar-refractivity contribution >= 4 is 0 Å². The van der Waals surface area contributed by atoms with E-state index in [2.05, 4.69) is 19.2 Å². The number of hydrogen-bond donors (Lipinski definition) is 1. The van der Waals surface area contributed by atoms with E-state index in [-0.39, 0.29) is 11.9 Å². The van der Waals surface area contributed by atoms with Gasteiger partial charge in [-0.2, -0.15) is 0 Å². The highest BCUT2D eigenvalue weighted by atomic mass is 19.1. The lowest BCUT2D eigenvalue weighted by atomic mass is 9.92. The predicted octanol–water partition coefficient (Wildman–Crippen LogP) is 2.50. The van der Waals surface area contributed by atoms with Gasteiger partial charge in [-0.25, -0.2) is 4.39 Å². The molecule has 2 rings (SSSR count). The summed E-state index contributed by atoms with van der Waals surface area (Å²) < 4.78 is 18.9. The van der Waals surface area contributed by atoms with Gasteiger partial charge in [-0.15, -0.1) is 0 Å². The van der Waals surface area contributed by atoms with E-state index in [1.54, 1.807) is 6.07 Å². The van der Waals surface area contributed by atoms with Crippen LogP contribution in [0, 0.1) is 11.7 Å². The molecular weight excluding hydrogens is 193 g/mol. The monoisotopic (exact) mass is 209 g/mol. The molecule has 2 unspecified atom stereocenters. The molecule has 0 saturated heterocycles. The maximum atomic E-state index is 13.5. The van der Waals surface area contributed by atoms with Gasteiger partial charge in [0.2, 0.25) is 0 Å². The summed E-state index contributed by atoms with van der Waals surface area (Å²) in [5, 5.41) is 3.37. The minimum Gasteiger partial charge on any atom is -0.490 e. The highest BCUT2D eigenvalue weighted by Crippen LogP contribution is 2.36. The number of hydrogen-bond acceptors (Lipinski definition) is 2. The average Bonchev–Trinajstić information content (AvgIpc) is 2.23. The van der Waals surface area contributed by atoms with Crippen LogP contribution in [-0.4, -0.2) is 13.2 Å². The molecule has 0 fully saturated rings. The molecule has 0 spiro atoms. The van der Waals surface area contributed by atoms with Gasteiger partial charge in [0, 0.05) is 17.5 Å². The number of rotatable bonds is 2. The largest absolute Gasteiger partial charge is 0.490 e. The average molecular weight is 209 g/mol. The van der Waals surface area contributed by atoms with Gasteiger partial charge in [0.25, 0.3) is 0 Å². The van der Waals surface area contributed by atoms with E-state index in [9.17, 15) is 4.39 Å². The number of ether oxygens (including phenoxy) is 1. The van der Waals surface area contributed by atoms with Crippen molar-refractivity contribution in [2.24, 2.45) is 5.92 Å². The van der Waals surface area contributed by atoms with Crippen molar-refractivity contribution in [1.82, 2.24) is 5.32 Å². The molecule has 1 aliphatic rings. The van der Waals surface area contributed by atoms with Gasteiger partial charge in [-0.05, 0) is 12.6 Å². The second kappa shape index (κ2) is 4.19. The van der Waals surface area contributed by atoms with Crippen LogP contribution in [0.3, 0.4) is 0 Å². The topological polar surface area (TPSA) is 21.3 Å². The lowest BCUT2D eigenvalue weighted by Gasteiger charge is -2.32. The molecule has 0 radical (unpaired) electrons. The molecule has 0 aromatic heterocycles. The Balaban J connectivity index is 2.39. The third-order valence-electron chi connectivity index (χ3n) is 2.82. The summed E-state index contributed by atoms with van der Waals surface area (Å²) in [6, 6.07) is 5.31.